The molecule has 1 atom stereocenters. The van der Waals surface area contributed by atoms with Gasteiger partial charge in [0.1, 0.15) is 17.0 Å². The molecule has 4 aromatic rings. The maximum atomic E-state index is 13.4. The third-order valence-electron chi connectivity index (χ3n) is 5.46. The molecule has 1 amide bonds. The van der Waals surface area contributed by atoms with E-state index in [-0.39, 0.29) is 35.9 Å². The minimum Gasteiger partial charge on any atom is -0.473 e. The number of para-hydroxylation sites is 1. The Labute approximate surface area is 211 Å². The van der Waals surface area contributed by atoms with Crippen molar-refractivity contribution >= 4 is 40.3 Å². The number of ether oxygens (including phenoxy) is 2. The summed E-state index contributed by atoms with van der Waals surface area (Å²) in [5.74, 6) is -0.955. The second-order valence-corrected chi connectivity index (χ2v) is 8.28. The van der Waals surface area contributed by atoms with Crippen LogP contribution >= 0.6 is 11.6 Å². The Morgan fingerprint density at radius 3 is 2.56 bits per heavy atom. The first-order valence-corrected chi connectivity index (χ1v) is 11.7. The van der Waals surface area contributed by atoms with Gasteiger partial charge in [0.15, 0.2) is 11.9 Å². The summed E-state index contributed by atoms with van der Waals surface area (Å²) in [5.41, 5.74) is 0.630. The Balaban J connectivity index is 1.72. The molecule has 0 radical (unpaired) electrons. The predicted molar refractivity (Wildman–Crippen MR) is 135 cm³/mol. The van der Waals surface area contributed by atoms with Crippen LogP contribution in [0.1, 0.15) is 30.6 Å². The lowest BCUT2D eigenvalue weighted by molar-refractivity contribution is -0.122. The first-order chi connectivity index (χ1) is 17.3. The van der Waals surface area contributed by atoms with Gasteiger partial charge in [-0.05, 0) is 49.7 Å². The summed E-state index contributed by atoms with van der Waals surface area (Å²) < 4.78 is 18.5. The van der Waals surface area contributed by atoms with Gasteiger partial charge >= 0.3 is 5.97 Å². The van der Waals surface area contributed by atoms with Crippen LogP contribution in [-0.2, 0) is 16.6 Å². The molecule has 10 heteroatoms. The molecule has 0 aliphatic rings. The van der Waals surface area contributed by atoms with Gasteiger partial charge in [0.05, 0.1) is 18.2 Å². The third kappa shape index (κ3) is 4.96. The van der Waals surface area contributed by atoms with E-state index >= 15 is 0 Å². The van der Waals surface area contributed by atoms with Crippen molar-refractivity contribution in [2.24, 2.45) is 7.05 Å². The van der Waals surface area contributed by atoms with Crippen LogP contribution in [0.3, 0.4) is 0 Å². The summed E-state index contributed by atoms with van der Waals surface area (Å²) in [4.78, 5) is 38.9. The number of aryl methyl sites for hydroxylation is 1. The van der Waals surface area contributed by atoms with Gasteiger partial charge in [-0.3, -0.25) is 14.3 Å². The number of hydrogen-bond acceptors (Lipinski definition) is 7. The fourth-order valence-corrected chi connectivity index (χ4v) is 3.75. The first-order valence-electron chi connectivity index (χ1n) is 11.3. The number of anilines is 1. The Kier molecular flexibility index (Phi) is 7.40. The lowest BCUT2D eigenvalue weighted by atomic mass is 10.1. The molecule has 2 aromatic heterocycles. The molecule has 2 aromatic carbocycles. The molecule has 0 fully saturated rings. The number of hydrogen-bond donors (Lipinski definition) is 1. The molecule has 1 N–H and O–H groups in total. The highest BCUT2D eigenvalue weighted by Gasteiger charge is 2.27. The molecular weight excluding hydrogens is 486 g/mol. The molecule has 0 saturated carbocycles. The number of amides is 1. The monoisotopic (exact) mass is 509 g/mol. The standard InChI is InChI=1S/C26H24ClN3O6/c1-4-19(25(32)29-24-18(14-28-30(24)3)26(33)34-5-2)35-23-21(31)17-8-6-7-9-20(17)36-22(23)15-10-12-16(27)13-11-15/h6-14,19H,4-5H2,1-3H3,(H,29,32). The minimum absolute atomic E-state index is 0.103. The molecule has 9 nitrogen and oxygen atoms in total. The van der Waals surface area contributed by atoms with Gasteiger partial charge in [-0.25, -0.2) is 4.79 Å². The van der Waals surface area contributed by atoms with Crippen molar-refractivity contribution in [2.75, 3.05) is 11.9 Å². The quantitative estimate of drug-likeness (QED) is 0.339. The zero-order chi connectivity index (χ0) is 25.8. The Bertz CT molecular complexity index is 1480. The van der Waals surface area contributed by atoms with E-state index < -0.39 is 23.4 Å². The van der Waals surface area contributed by atoms with Gasteiger partial charge in [0.25, 0.3) is 5.91 Å². The van der Waals surface area contributed by atoms with Gasteiger partial charge in [-0.2, -0.15) is 5.10 Å². The Hall–Kier alpha value is -4.11. The van der Waals surface area contributed by atoms with E-state index in [2.05, 4.69) is 10.4 Å². The second kappa shape index (κ2) is 10.7. The number of aromatic nitrogens is 2. The highest BCUT2D eigenvalue weighted by atomic mass is 35.5. The number of nitrogens with one attached hydrogen (secondary N) is 1. The van der Waals surface area contributed by atoms with Crippen molar-refractivity contribution < 1.29 is 23.5 Å². The number of benzene rings is 2. The summed E-state index contributed by atoms with van der Waals surface area (Å²) in [7, 11) is 1.58. The molecule has 36 heavy (non-hydrogen) atoms. The molecule has 2 heterocycles. The fourth-order valence-electron chi connectivity index (χ4n) is 3.63. The predicted octanol–water partition coefficient (Wildman–Crippen LogP) is 4.82. The molecule has 4 rings (SSSR count). The summed E-state index contributed by atoms with van der Waals surface area (Å²) in [6.45, 7) is 3.60. The van der Waals surface area contributed by atoms with Gasteiger partial charge in [0, 0.05) is 17.6 Å². The molecule has 186 valence electrons. The fraction of sp³-hybridized carbons (Fsp3) is 0.231. The third-order valence-corrected chi connectivity index (χ3v) is 5.71. The average Bonchev–Trinajstić information content (AvgIpc) is 3.24. The number of fused-ring (bicyclic) bond motifs is 1. The molecule has 0 spiro atoms. The highest BCUT2D eigenvalue weighted by molar-refractivity contribution is 6.30. The van der Waals surface area contributed by atoms with E-state index in [0.717, 1.165) is 0 Å². The smallest absolute Gasteiger partial charge is 0.343 e. The maximum Gasteiger partial charge on any atom is 0.343 e. The summed E-state index contributed by atoms with van der Waals surface area (Å²) in [6, 6.07) is 13.5. The summed E-state index contributed by atoms with van der Waals surface area (Å²) in [5, 5.41) is 7.55. The van der Waals surface area contributed by atoms with Crippen LogP contribution in [-0.4, -0.2) is 34.4 Å². The maximum absolute atomic E-state index is 13.4. The molecule has 0 saturated heterocycles. The SMILES string of the molecule is CCOC(=O)c1cnn(C)c1NC(=O)C(CC)Oc1c(-c2ccc(Cl)cc2)oc2ccccc2c1=O. The number of rotatable bonds is 8. The van der Waals surface area contributed by atoms with Crippen molar-refractivity contribution in [3.63, 3.8) is 0 Å². The number of esters is 1. The van der Waals surface area contributed by atoms with Crippen molar-refractivity contribution in [2.45, 2.75) is 26.4 Å². The van der Waals surface area contributed by atoms with Gasteiger partial charge in [-0.15, -0.1) is 0 Å². The van der Waals surface area contributed by atoms with Crippen LogP contribution in [0, 0.1) is 0 Å². The largest absolute Gasteiger partial charge is 0.473 e. The van der Waals surface area contributed by atoms with E-state index in [4.69, 9.17) is 25.5 Å². The number of carbonyl (C=O) groups excluding carboxylic acids is 2. The van der Waals surface area contributed by atoms with Crippen LogP contribution in [0.15, 0.2) is 63.9 Å². The summed E-state index contributed by atoms with van der Waals surface area (Å²) in [6.07, 6.45) is 0.460. The molecule has 0 aliphatic heterocycles. The van der Waals surface area contributed by atoms with Crippen LogP contribution in [0.25, 0.3) is 22.3 Å². The van der Waals surface area contributed by atoms with Crippen molar-refractivity contribution in [3.8, 4) is 17.1 Å². The molecule has 0 bridgehead atoms. The Morgan fingerprint density at radius 1 is 1.14 bits per heavy atom. The van der Waals surface area contributed by atoms with Gasteiger partial charge < -0.3 is 19.2 Å². The van der Waals surface area contributed by atoms with Crippen LogP contribution in [0.4, 0.5) is 5.82 Å². The Morgan fingerprint density at radius 2 is 1.86 bits per heavy atom. The van der Waals surface area contributed by atoms with Crippen LogP contribution in [0.2, 0.25) is 5.02 Å². The second-order valence-electron chi connectivity index (χ2n) is 7.85. The first kappa shape index (κ1) is 25.0. The number of carbonyl (C=O) groups is 2. The van der Waals surface area contributed by atoms with E-state index in [0.29, 0.717) is 21.6 Å². The lowest BCUT2D eigenvalue weighted by Gasteiger charge is -2.19. The summed E-state index contributed by atoms with van der Waals surface area (Å²) >= 11 is 6.03. The normalized spacial score (nSPS) is 11.8. The van der Waals surface area contributed by atoms with Crippen LogP contribution < -0.4 is 15.5 Å². The van der Waals surface area contributed by atoms with E-state index in [1.54, 1.807) is 69.4 Å². The van der Waals surface area contributed by atoms with Gasteiger partial charge in [-0.1, -0.05) is 30.7 Å². The van der Waals surface area contributed by atoms with E-state index in [1.165, 1.54) is 10.9 Å². The average molecular weight is 510 g/mol. The molecule has 0 aliphatic carbocycles. The van der Waals surface area contributed by atoms with E-state index in [9.17, 15) is 14.4 Å². The van der Waals surface area contributed by atoms with Gasteiger partial charge in [0.2, 0.25) is 11.2 Å². The minimum atomic E-state index is -1.08. The van der Waals surface area contributed by atoms with Crippen molar-refractivity contribution in [1.29, 1.82) is 0 Å². The van der Waals surface area contributed by atoms with E-state index in [1.807, 2.05) is 0 Å². The van der Waals surface area contributed by atoms with Crippen molar-refractivity contribution in [3.05, 3.63) is 75.5 Å². The zero-order valence-corrected chi connectivity index (χ0v) is 20.7. The zero-order valence-electron chi connectivity index (χ0n) is 19.9. The number of nitrogens with zero attached hydrogens (tertiary/aromatic N) is 2. The topological polar surface area (TPSA) is 113 Å². The van der Waals surface area contributed by atoms with Crippen molar-refractivity contribution in [1.82, 2.24) is 9.78 Å². The number of halogens is 1. The molecule has 1 unspecified atom stereocenters. The lowest BCUT2D eigenvalue weighted by Crippen LogP contribution is -2.35. The highest BCUT2D eigenvalue weighted by Crippen LogP contribution is 2.32. The van der Waals surface area contributed by atoms with Crippen LogP contribution in [0.5, 0.6) is 5.75 Å². The molecular formula is C26H24ClN3O6.